The lowest BCUT2D eigenvalue weighted by Gasteiger charge is -2.26. The fourth-order valence-corrected chi connectivity index (χ4v) is 3.79. The molecule has 2 aromatic rings. The highest BCUT2D eigenvalue weighted by Crippen LogP contribution is 2.42. The molecule has 1 amide bonds. The molecule has 2 aromatic carbocycles. The summed E-state index contributed by atoms with van der Waals surface area (Å²) in [5.41, 5.74) is 0.885. The molecular weight excluding hydrogens is 426 g/mol. The number of methoxy groups -OCH3 is 3. The number of aliphatic hydroxyl groups is 1. The van der Waals surface area contributed by atoms with Crippen molar-refractivity contribution < 1.29 is 33.6 Å². The Morgan fingerprint density at radius 2 is 1.70 bits per heavy atom. The minimum Gasteiger partial charge on any atom is -0.507 e. The van der Waals surface area contributed by atoms with Crippen LogP contribution in [0.1, 0.15) is 31.0 Å². The molecule has 1 N–H and O–H groups in total. The van der Waals surface area contributed by atoms with Gasteiger partial charge in [-0.2, -0.15) is 0 Å². The first-order valence-corrected chi connectivity index (χ1v) is 10.6. The summed E-state index contributed by atoms with van der Waals surface area (Å²) in [5, 5.41) is 11.3. The Balaban J connectivity index is 2.16. The summed E-state index contributed by atoms with van der Waals surface area (Å²) in [6.45, 7) is 4.21. The molecule has 8 heteroatoms. The van der Waals surface area contributed by atoms with E-state index in [0.29, 0.717) is 22.8 Å². The smallest absolute Gasteiger partial charge is 0.295 e. The third kappa shape index (κ3) is 4.96. The highest BCUT2D eigenvalue weighted by molar-refractivity contribution is 6.46. The van der Waals surface area contributed by atoms with Gasteiger partial charge in [0.15, 0.2) is 0 Å². The van der Waals surface area contributed by atoms with Crippen molar-refractivity contribution >= 4 is 17.4 Å². The molecule has 0 aromatic heterocycles. The number of Topliss-reactive ketones (excluding diaryl/α,β-unsaturated/α-hetero) is 1. The quantitative estimate of drug-likeness (QED) is 0.351. The van der Waals surface area contributed by atoms with Gasteiger partial charge in [-0.15, -0.1) is 0 Å². The summed E-state index contributed by atoms with van der Waals surface area (Å²) in [4.78, 5) is 27.6. The van der Waals surface area contributed by atoms with Gasteiger partial charge in [0, 0.05) is 12.6 Å². The SMILES string of the molecule is COc1cccc(C2/C(=C(/O)c3ccc(OC)cc3OC)C(=O)C(=O)N2CCOC(C)C)c1. The second-order valence-electron chi connectivity index (χ2n) is 7.75. The number of aliphatic hydroxyl groups excluding tert-OH is 1. The molecule has 176 valence electrons. The van der Waals surface area contributed by atoms with Gasteiger partial charge in [0.2, 0.25) is 0 Å². The Morgan fingerprint density at radius 3 is 2.33 bits per heavy atom. The predicted octanol–water partition coefficient (Wildman–Crippen LogP) is 3.56. The number of likely N-dealkylation sites (tertiary alicyclic amines) is 1. The average molecular weight is 456 g/mol. The van der Waals surface area contributed by atoms with Crippen LogP contribution in [0.25, 0.3) is 5.76 Å². The van der Waals surface area contributed by atoms with E-state index in [2.05, 4.69) is 0 Å². The Kier molecular flexibility index (Phi) is 7.60. The Bertz CT molecular complexity index is 1060. The molecular formula is C25H29NO7. The van der Waals surface area contributed by atoms with Crippen molar-refractivity contribution in [3.8, 4) is 17.2 Å². The molecule has 3 rings (SSSR count). The number of ether oxygens (including phenoxy) is 4. The van der Waals surface area contributed by atoms with Crippen LogP contribution in [0.4, 0.5) is 0 Å². The summed E-state index contributed by atoms with van der Waals surface area (Å²) in [6, 6.07) is 11.1. The van der Waals surface area contributed by atoms with Gasteiger partial charge >= 0.3 is 0 Å². The summed E-state index contributed by atoms with van der Waals surface area (Å²) < 4.78 is 21.6. The third-order valence-corrected chi connectivity index (χ3v) is 5.40. The molecule has 33 heavy (non-hydrogen) atoms. The van der Waals surface area contributed by atoms with Crippen LogP contribution in [0, 0.1) is 0 Å². The second kappa shape index (κ2) is 10.4. The van der Waals surface area contributed by atoms with Gasteiger partial charge in [-0.1, -0.05) is 12.1 Å². The van der Waals surface area contributed by atoms with E-state index in [-0.39, 0.29) is 36.2 Å². The number of rotatable bonds is 9. The van der Waals surface area contributed by atoms with E-state index in [1.807, 2.05) is 13.8 Å². The first-order valence-electron chi connectivity index (χ1n) is 10.6. The second-order valence-corrected chi connectivity index (χ2v) is 7.75. The van der Waals surface area contributed by atoms with Gasteiger partial charge in [0.25, 0.3) is 11.7 Å². The van der Waals surface area contributed by atoms with Crippen LogP contribution >= 0.6 is 0 Å². The van der Waals surface area contributed by atoms with E-state index in [1.165, 1.54) is 26.2 Å². The molecule has 1 atom stereocenters. The Hall–Kier alpha value is -3.52. The number of benzene rings is 2. The van der Waals surface area contributed by atoms with Crippen LogP contribution in [0.15, 0.2) is 48.0 Å². The van der Waals surface area contributed by atoms with E-state index < -0.39 is 17.7 Å². The fourth-order valence-electron chi connectivity index (χ4n) is 3.79. The highest BCUT2D eigenvalue weighted by Gasteiger charge is 2.46. The molecule has 0 spiro atoms. The van der Waals surface area contributed by atoms with Crippen molar-refractivity contribution in [3.05, 3.63) is 59.2 Å². The van der Waals surface area contributed by atoms with Crippen molar-refractivity contribution in [3.63, 3.8) is 0 Å². The first-order chi connectivity index (χ1) is 15.8. The number of carbonyl (C=O) groups is 2. The topological polar surface area (TPSA) is 94.5 Å². The van der Waals surface area contributed by atoms with Gasteiger partial charge in [-0.3, -0.25) is 9.59 Å². The van der Waals surface area contributed by atoms with Crippen LogP contribution in [0.3, 0.4) is 0 Å². The van der Waals surface area contributed by atoms with Gasteiger partial charge in [-0.05, 0) is 43.7 Å². The van der Waals surface area contributed by atoms with Crippen LogP contribution in [0.2, 0.25) is 0 Å². The maximum atomic E-state index is 13.1. The maximum Gasteiger partial charge on any atom is 0.295 e. The molecule has 1 unspecified atom stereocenters. The molecule has 8 nitrogen and oxygen atoms in total. The van der Waals surface area contributed by atoms with E-state index in [4.69, 9.17) is 18.9 Å². The van der Waals surface area contributed by atoms with E-state index in [9.17, 15) is 14.7 Å². The minimum absolute atomic E-state index is 0.0266. The average Bonchev–Trinajstić information content (AvgIpc) is 3.08. The molecule has 0 radical (unpaired) electrons. The normalized spacial score (nSPS) is 17.5. The van der Waals surface area contributed by atoms with Gasteiger partial charge in [0.1, 0.15) is 23.0 Å². The van der Waals surface area contributed by atoms with Gasteiger partial charge in [0.05, 0.1) is 51.2 Å². The van der Waals surface area contributed by atoms with Crippen molar-refractivity contribution in [1.29, 1.82) is 0 Å². The number of carbonyl (C=O) groups excluding carboxylic acids is 2. The summed E-state index contributed by atoms with van der Waals surface area (Å²) in [7, 11) is 4.50. The number of ketones is 1. The number of amides is 1. The zero-order valence-corrected chi connectivity index (χ0v) is 19.5. The number of hydrogen-bond donors (Lipinski definition) is 1. The van der Waals surface area contributed by atoms with Gasteiger partial charge in [-0.25, -0.2) is 0 Å². The van der Waals surface area contributed by atoms with Crippen molar-refractivity contribution in [2.24, 2.45) is 0 Å². The van der Waals surface area contributed by atoms with Crippen LogP contribution < -0.4 is 14.2 Å². The molecule has 0 bridgehead atoms. The Morgan fingerprint density at radius 1 is 1.00 bits per heavy atom. The zero-order chi connectivity index (χ0) is 24.1. The molecule has 1 saturated heterocycles. The van der Waals surface area contributed by atoms with Gasteiger partial charge < -0.3 is 29.0 Å². The van der Waals surface area contributed by atoms with Crippen molar-refractivity contribution in [2.75, 3.05) is 34.5 Å². The number of hydrogen-bond acceptors (Lipinski definition) is 7. The summed E-state index contributed by atoms with van der Waals surface area (Å²) in [5.74, 6) is -0.400. The van der Waals surface area contributed by atoms with E-state index >= 15 is 0 Å². The Labute approximate surface area is 193 Å². The largest absolute Gasteiger partial charge is 0.507 e. The number of nitrogens with zero attached hydrogens (tertiary/aromatic N) is 1. The van der Waals surface area contributed by atoms with Crippen molar-refractivity contribution in [2.45, 2.75) is 26.0 Å². The zero-order valence-electron chi connectivity index (χ0n) is 19.5. The van der Waals surface area contributed by atoms with E-state index in [0.717, 1.165) is 0 Å². The summed E-state index contributed by atoms with van der Waals surface area (Å²) >= 11 is 0. The lowest BCUT2D eigenvalue weighted by molar-refractivity contribution is -0.140. The first kappa shape index (κ1) is 24.1. The fraction of sp³-hybridized carbons (Fsp3) is 0.360. The van der Waals surface area contributed by atoms with E-state index in [1.54, 1.807) is 42.5 Å². The molecule has 1 fully saturated rings. The summed E-state index contributed by atoms with van der Waals surface area (Å²) in [6.07, 6.45) is -0.0272. The van der Waals surface area contributed by atoms with Crippen LogP contribution in [-0.2, 0) is 14.3 Å². The highest BCUT2D eigenvalue weighted by atomic mass is 16.5. The van der Waals surface area contributed by atoms with Crippen LogP contribution in [-0.4, -0.2) is 62.3 Å². The van der Waals surface area contributed by atoms with Crippen LogP contribution in [0.5, 0.6) is 17.2 Å². The van der Waals surface area contributed by atoms with Crippen molar-refractivity contribution in [1.82, 2.24) is 4.90 Å². The lowest BCUT2D eigenvalue weighted by Crippen LogP contribution is -2.33. The molecule has 0 saturated carbocycles. The standard InChI is InChI=1S/C25H29NO7/c1-15(2)33-12-11-26-22(16-7-6-8-17(13-16)30-3)21(24(28)25(26)29)23(27)19-10-9-18(31-4)14-20(19)32-5/h6-10,13-15,22,27H,11-12H2,1-5H3/b23-21-. The molecule has 0 aliphatic carbocycles. The maximum absolute atomic E-state index is 13.1. The molecule has 1 aliphatic heterocycles. The predicted molar refractivity (Wildman–Crippen MR) is 123 cm³/mol. The monoisotopic (exact) mass is 455 g/mol. The third-order valence-electron chi connectivity index (χ3n) is 5.40. The molecule has 1 heterocycles. The minimum atomic E-state index is -0.817. The lowest BCUT2D eigenvalue weighted by atomic mass is 9.94. The molecule has 1 aliphatic rings.